The summed E-state index contributed by atoms with van der Waals surface area (Å²) in [6, 6.07) is -0.361. The molecular weight excluding hydrogens is 236 g/mol. The van der Waals surface area contributed by atoms with Gasteiger partial charge in [-0.25, -0.2) is 4.79 Å². The third-order valence-corrected chi connectivity index (χ3v) is 2.88. The van der Waals surface area contributed by atoms with E-state index in [4.69, 9.17) is 9.84 Å². The molecule has 1 aliphatic rings. The van der Waals surface area contributed by atoms with Crippen LogP contribution in [-0.2, 0) is 9.53 Å². The van der Waals surface area contributed by atoms with Gasteiger partial charge >= 0.3 is 12.0 Å². The summed E-state index contributed by atoms with van der Waals surface area (Å²) in [5, 5.41) is 11.5. The summed E-state index contributed by atoms with van der Waals surface area (Å²) in [6.07, 6.45) is 1.81. The average Bonchev–Trinajstić information content (AvgIpc) is 2.71. The van der Waals surface area contributed by atoms with Crippen molar-refractivity contribution in [1.29, 1.82) is 0 Å². The summed E-state index contributed by atoms with van der Waals surface area (Å²) in [7, 11) is 0. The molecule has 1 saturated heterocycles. The molecule has 0 aromatic heterocycles. The molecule has 1 aliphatic heterocycles. The Balaban J connectivity index is 2.29. The third-order valence-electron chi connectivity index (χ3n) is 2.88. The van der Waals surface area contributed by atoms with Gasteiger partial charge in [0.25, 0.3) is 0 Å². The second-order valence-corrected chi connectivity index (χ2v) is 4.74. The highest BCUT2D eigenvalue weighted by Gasteiger charge is 2.29. The van der Waals surface area contributed by atoms with Crippen LogP contribution in [0.3, 0.4) is 0 Å². The van der Waals surface area contributed by atoms with Gasteiger partial charge in [-0.05, 0) is 26.7 Å². The maximum atomic E-state index is 11.8. The maximum Gasteiger partial charge on any atom is 0.317 e. The van der Waals surface area contributed by atoms with Crippen molar-refractivity contribution in [2.75, 3.05) is 19.7 Å². The van der Waals surface area contributed by atoms with Gasteiger partial charge in [0, 0.05) is 19.1 Å². The van der Waals surface area contributed by atoms with Crippen molar-refractivity contribution in [2.45, 2.75) is 45.3 Å². The van der Waals surface area contributed by atoms with Gasteiger partial charge in [0.05, 0.1) is 19.1 Å². The summed E-state index contributed by atoms with van der Waals surface area (Å²) in [4.78, 5) is 24.1. The Kier molecular flexibility index (Phi) is 5.91. The number of nitrogens with zero attached hydrogens (tertiary/aromatic N) is 1. The zero-order valence-electron chi connectivity index (χ0n) is 11.0. The van der Waals surface area contributed by atoms with E-state index >= 15 is 0 Å². The molecule has 0 aliphatic carbocycles. The van der Waals surface area contributed by atoms with Crippen LogP contribution >= 0.6 is 0 Å². The fraction of sp³-hybridized carbons (Fsp3) is 0.833. The van der Waals surface area contributed by atoms with Gasteiger partial charge in [-0.15, -0.1) is 0 Å². The van der Waals surface area contributed by atoms with Crippen molar-refractivity contribution in [3.63, 3.8) is 0 Å². The number of carbonyl (C=O) groups excluding carboxylic acids is 1. The first-order valence-corrected chi connectivity index (χ1v) is 6.38. The molecule has 6 heteroatoms. The number of carbonyl (C=O) groups is 2. The first-order valence-electron chi connectivity index (χ1n) is 6.38. The van der Waals surface area contributed by atoms with Gasteiger partial charge in [0.2, 0.25) is 0 Å². The molecule has 1 unspecified atom stereocenters. The van der Waals surface area contributed by atoms with Crippen LogP contribution in [0.4, 0.5) is 4.79 Å². The van der Waals surface area contributed by atoms with Crippen molar-refractivity contribution in [3.05, 3.63) is 0 Å². The summed E-state index contributed by atoms with van der Waals surface area (Å²) in [6.45, 7) is 5.43. The normalized spacial score (nSPS) is 19.3. The molecule has 2 N–H and O–H groups in total. The molecule has 104 valence electrons. The highest BCUT2D eigenvalue weighted by molar-refractivity contribution is 5.76. The van der Waals surface area contributed by atoms with Crippen LogP contribution in [0.1, 0.15) is 33.1 Å². The molecule has 1 atom stereocenters. The van der Waals surface area contributed by atoms with E-state index in [1.165, 1.54) is 0 Å². The zero-order chi connectivity index (χ0) is 13.5. The Labute approximate surface area is 107 Å². The monoisotopic (exact) mass is 258 g/mol. The van der Waals surface area contributed by atoms with Crippen molar-refractivity contribution < 1.29 is 19.4 Å². The Morgan fingerprint density at radius 3 is 2.83 bits per heavy atom. The van der Waals surface area contributed by atoms with Crippen LogP contribution < -0.4 is 5.32 Å². The van der Waals surface area contributed by atoms with Crippen molar-refractivity contribution in [1.82, 2.24) is 10.2 Å². The van der Waals surface area contributed by atoms with Crippen molar-refractivity contribution in [2.24, 2.45) is 0 Å². The number of hydrogen-bond donors (Lipinski definition) is 2. The molecule has 0 saturated carbocycles. The number of urea groups is 1. The molecule has 0 bridgehead atoms. The number of ether oxygens (including phenoxy) is 1. The van der Waals surface area contributed by atoms with Crippen LogP contribution in [-0.4, -0.2) is 53.8 Å². The van der Waals surface area contributed by atoms with Gasteiger partial charge in [0.1, 0.15) is 0 Å². The standard InChI is InChI=1S/C12H22N2O4/c1-9(2)18-7-5-13-12(17)14-6-3-4-10(14)8-11(15)16/h9-10H,3-8H2,1-2H3,(H,13,17)(H,15,16). The van der Waals surface area contributed by atoms with E-state index in [2.05, 4.69) is 5.32 Å². The van der Waals surface area contributed by atoms with E-state index in [1.807, 2.05) is 13.8 Å². The van der Waals surface area contributed by atoms with Crippen LogP contribution in [0.2, 0.25) is 0 Å². The molecule has 1 rings (SSSR count). The minimum atomic E-state index is -0.858. The number of amides is 2. The van der Waals surface area contributed by atoms with Gasteiger partial charge in [-0.1, -0.05) is 0 Å². The lowest BCUT2D eigenvalue weighted by Crippen LogP contribution is -2.44. The van der Waals surface area contributed by atoms with Crippen LogP contribution in [0.5, 0.6) is 0 Å². The molecular formula is C12H22N2O4. The second-order valence-electron chi connectivity index (χ2n) is 4.74. The Morgan fingerprint density at radius 2 is 2.22 bits per heavy atom. The number of carboxylic acids is 1. The van der Waals surface area contributed by atoms with E-state index in [0.717, 1.165) is 12.8 Å². The highest BCUT2D eigenvalue weighted by atomic mass is 16.5. The SMILES string of the molecule is CC(C)OCCNC(=O)N1CCCC1CC(=O)O. The molecule has 18 heavy (non-hydrogen) atoms. The third kappa shape index (κ3) is 4.91. The number of carboxylic acid groups (broad SMARTS) is 1. The number of likely N-dealkylation sites (tertiary alicyclic amines) is 1. The van der Waals surface area contributed by atoms with E-state index in [9.17, 15) is 9.59 Å². The zero-order valence-corrected chi connectivity index (χ0v) is 11.0. The van der Waals surface area contributed by atoms with E-state index < -0.39 is 5.97 Å². The molecule has 1 heterocycles. The van der Waals surface area contributed by atoms with Gasteiger partial charge in [-0.3, -0.25) is 4.79 Å². The van der Waals surface area contributed by atoms with E-state index in [0.29, 0.717) is 19.7 Å². The molecule has 0 radical (unpaired) electrons. The minimum Gasteiger partial charge on any atom is -0.481 e. The predicted octanol–water partition coefficient (Wildman–Crippen LogP) is 1.06. The predicted molar refractivity (Wildman–Crippen MR) is 66.5 cm³/mol. The van der Waals surface area contributed by atoms with Crippen molar-refractivity contribution >= 4 is 12.0 Å². The fourth-order valence-electron chi connectivity index (χ4n) is 2.07. The maximum absolute atomic E-state index is 11.8. The number of hydrogen-bond acceptors (Lipinski definition) is 3. The highest BCUT2D eigenvalue weighted by Crippen LogP contribution is 2.19. The Hall–Kier alpha value is -1.30. The van der Waals surface area contributed by atoms with E-state index in [-0.39, 0.29) is 24.6 Å². The fourth-order valence-corrected chi connectivity index (χ4v) is 2.07. The number of nitrogens with one attached hydrogen (secondary N) is 1. The number of aliphatic carboxylic acids is 1. The summed E-state index contributed by atoms with van der Waals surface area (Å²) in [5.41, 5.74) is 0. The topological polar surface area (TPSA) is 78.9 Å². The van der Waals surface area contributed by atoms with Crippen LogP contribution in [0.25, 0.3) is 0 Å². The average molecular weight is 258 g/mol. The Morgan fingerprint density at radius 1 is 1.50 bits per heavy atom. The minimum absolute atomic E-state index is 0.0237. The molecule has 2 amide bonds. The smallest absolute Gasteiger partial charge is 0.317 e. The molecule has 0 spiro atoms. The quantitative estimate of drug-likeness (QED) is 0.698. The first-order chi connectivity index (χ1) is 8.50. The van der Waals surface area contributed by atoms with E-state index in [1.54, 1.807) is 4.90 Å². The summed E-state index contributed by atoms with van der Waals surface area (Å²) in [5.74, 6) is -0.858. The largest absolute Gasteiger partial charge is 0.481 e. The summed E-state index contributed by atoms with van der Waals surface area (Å²) < 4.78 is 5.32. The molecule has 1 fully saturated rings. The molecule has 6 nitrogen and oxygen atoms in total. The van der Waals surface area contributed by atoms with Gasteiger partial charge in [-0.2, -0.15) is 0 Å². The molecule has 0 aromatic carbocycles. The molecule has 0 aromatic rings. The number of rotatable bonds is 6. The first kappa shape index (κ1) is 14.8. The van der Waals surface area contributed by atoms with Crippen LogP contribution in [0.15, 0.2) is 0 Å². The summed E-state index contributed by atoms with van der Waals surface area (Å²) >= 11 is 0. The lowest BCUT2D eigenvalue weighted by atomic mass is 10.1. The van der Waals surface area contributed by atoms with Crippen LogP contribution in [0, 0.1) is 0 Å². The van der Waals surface area contributed by atoms with Gasteiger partial charge in [0.15, 0.2) is 0 Å². The lowest BCUT2D eigenvalue weighted by Gasteiger charge is -2.23. The van der Waals surface area contributed by atoms with Crippen molar-refractivity contribution in [3.8, 4) is 0 Å². The Bertz CT molecular complexity index is 294. The van der Waals surface area contributed by atoms with Gasteiger partial charge < -0.3 is 20.1 Å². The lowest BCUT2D eigenvalue weighted by molar-refractivity contribution is -0.137. The second kappa shape index (κ2) is 7.20.